The first-order chi connectivity index (χ1) is 10.9. The minimum absolute atomic E-state index is 0.118. The quantitative estimate of drug-likeness (QED) is 0.278. The summed E-state index contributed by atoms with van der Waals surface area (Å²) in [6.45, 7) is 19.7. The SMILES string of the molecule is Cc1cc(C(=O)C(C)Br)cc(C)c1O[Si](C(C)C)(C(C)C)C(C)C. The molecule has 1 rings (SSSR count). The maximum atomic E-state index is 12.3. The molecule has 0 aliphatic heterocycles. The van der Waals surface area contributed by atoms with E-state index in [2.05, 4.69) is 71.3 Å². The van der Waals surface area contributed by atoms with Gasteiger partial charge in [-0.15, -0.1) is 0 Å². The first-order valence-corrected chi connectivity index (χ1v) is 12.0. The standard InChI is InChI=1S/C20H33BrO2Si/c1-12(2)24(13(3)4,14(5)6)23-20-15(7)10-18(11-16(20)8)19(22)17(9)21/h10-14,17H,1-9H3. The van der Waals surface area contributed by atoms with Gasteiger partial charge in [0.15, 0.2) is 5.78 Å². The van der Waals surface area contributed by atoms with E-state index in [1.807, 2.05) is 19.1 Å². The molecule has 0 N–H and O–H groups in total. The van der Waals surface area contributed by atoms with Crippen molar-refractivity contribution in [3.8, 4) is 5.75 Å². The third kappa shape index (κ3) is 4.13. The van der Waals surface area contributed by atoms with E-state index in [-0.39, 0.29) is 10.6 Å². The van der Waals surface area contributed by atoms with Crippen LogP contribution in [0.3, 0.4) is 0 Å². The highest BCUT2D eigenvalue weighted by Crippen LogP contribution is 2.44. The molecule has 0 saturated carbocycles. The number of hydrogen-bond acceptors (Lipinski definition) is 2. The zero-order chi connectivity index (χ0) is 18.8. The van der Waals surface area contributed by atoms with Crippen LogP contribution in [0, 0.1) is 13.8 Å². The van der Waals surface area contributed by atoms with Crippen molar-refractivity contribution in [1.29, 1.82) is 0 Å². The Balaban J connectivity index is 3.39. The lowest BCUT2D eigenvalue weighted by Gasteiger charge is -2.43. The van der Waals surface area contributed by atoms with E-state index in [9.17, 15) is 4.79 Å². The van der Waals surface area contributed by atoms with Crippen LogP contribution >= 0.6 is 15.9 Å². The van der Waals surface area contributed by atoms with Gasteiger partial charge >= 0.3 is 0 Å². The minimum Gasteiger partial charge on any atom is -0.542 e. The van der Waals surface area contributed by atoms with Crippen molar-refractivity contribution in [3.05, 3.63) is 28.8 Å². The molecule has 2 nitrogen and oxygen atoms in total. The number of aryl methyl sites for hydroxylation is 2. The van der Waals surface area contributed by atoms with Crippen LogP contribution in [0.2, 0.25) is 16.6 Å². The van der Waals surface area contributed by atoms with Crippen LogP contribution in [0.1, 0.15) is 70.0 Å². The van der Waals surface area contributed by atoms with Gasteiger partial charge in [0.25, 0.3) is 8.32 Å². The molecule has 0 aromatic heterocycles. The van der Waals surface area contributed by atoms with Gasteiger partial charge < -0.3 is 4.43 Å². The Morgan fingerprint density at radius 3 is 1.58 bits per heavy atom. The van der Waals surface area contributed by atoms with Crippen molar-refractivity contribution < 1.29 is 9.22 Å². The molecule has 0 saturated heterocycles. The van der Waals surface area contributed by atoms with Crippen LogP contribution in [0.4, 0.5) is 0 Å². The number of hydrogen-bond donors (Lipinski definition) is 0. The molecule has 0 bridgehead atoms. The fourth-order valence-corrected chi connectivity index (χ4v) is 9.66. The van der Waals surface area contributed by atoms with Crippen molar-refractivity contribution >= 4 is 30.0 Å². The number of benzene rings is 1. The molecule has 0 spiro atoms. The van der Waals surface area contributed by atoms with Gasteiger partial charge in [-0.2, -0.15) is 0 Å². The van der Waals surface area contributed by atoms with E-state index >= 15 is 0 Å². The Hall–Kier alpha value is -0.613. The lowest BCUT2D eigenvalue weighted by Crippen LogP contribution is -2.51. The van der Waals surface area contributed by atoms with Gasteiger partial charge in [-0.3, -0.25) is 4.79 Å². The molecule has 136 valence electrons. The number of Topliss-reactive ketones (excluding diaryl/α,β-unsaturated/α-hetero) is 1. The minimum atomic E-state index is -1.99. The van der Waals surface area contributed by atoms with Gasteiger partial charge in [0.05, 0.1) is 4.83 Å². The molecule has 0 heterocycles. The molecule has 0 radical (unpaired) electrons. The van der Waals surface area contributed by atoms with Crippen molar-refractivity contribution in [2.24, 2.45) is 0 Å². The number of carbonyl (C=O) groups excluding carboxylic acids is 1. The lowest BCUT2D eigenvalue weighted by atomic mass is 10.0. The van der Waals surface area contributed by atoms with Gasteiger partial charge in [0.2, 0.25) is 0 Å². The van der Waals surface area contributed by atoms with Crippen LogP contribution in [-0.4, -0.2) is 18.9 Å². The number of carbonyl (C=O) groups is 1. The van der Waals surface area contributed by atoms with E-state index in [0.717, 1.165) is 22.4 Å². The molecule has 0 amide bonds. The van der Waals surface area contributed by atoms with E-state index in [1.54, 1.807) is 0 Å². The van der Waals surface area contributed by atoms with Crippen molar-refractivity contribution in [1.82, 2.24) is 0 Å². The predicted molar refractivity (Wildman–Crippen MR) is 110 cm³/mol. The predicted octanol–water partition coefficient (Wildman–Crippen LogP) is 6.82. The monoisotopic (exact) mass is 412 g/mol. The van der Waals surface area contributed by atoms with Gasteiger partial charge in [0.1, 0.15) is 5.75 Å². The normalized spacial score (nSPS) is 13.7. The summed E-state index contributed by atoms with van der Waals surface area (Å²) in [5, 5.41) is 0. The Morgan fingerprint density at radius 1 is 0.917 bits per heavy atom. The summed E-state index contributed by atoms with van der Waals surface area (Å²) < 4.78 is 6.86. The average Bonchev–Trinajstić information content (AvgIpc) is 2.44. The highest BCUT2D eigenvalue weighted by Gasteiger charge is 2.47. The molecule has 1 atom stereocenters. The summed E-state index contributed by atoms with van der Waals surface area (Å²) in [5.74, 6) is 1.10. The second kappa shape index (κ2) is 8.18. The molecule has 0 fully saturated rings. The first kappa shape index (κ1) is 21.4. The number of halogens is 1. The third-order valence-electron chi connectivity index (χ3n) is 5.09. The fourth-order valence-electron chi connectivity index (χ4n) is 4.01. The van der Waals surface area contributed by atoms with E-state index in [4.69, 9.17) is 4.43 Å². The van der Waals surface area contributed by atoms with Crippen molar-refractivity contribution in [2.75, 3.05) is 0 Å². The Labute approximate surface area is 157 Å². The average molecular weight is 413 g/mol. The number of ketones is 1. The van der Waals surface area contributed by atoms with Gasteiger partial charge in [-0.25, -0.2) is 0 Å². The van der Waals surface area contributed by atoms with Crippen molar-refractivity contribution in [3.63, 3.8) is 0 Å². The Bertz CT molecular complexity index is 547. The zero-order valence-corrected chi connectivity index (χ0v) is 19.2. The number of alkyl halides is 1. The molecule has 1 unspecified atom stereocenters. The third-order valence-corrected chi connectivity index (χ3v) is 11.5. The zero-order valence-electron chi connectivity index (χ0n) is 16.7. The molecule has 1 aromatic rings. The second-order valence-electron chi connectivity index (χ2n) is 7.84. The van der Waals surface area contributed by atoms with E-state index in [1.165, 1.54) is 0 Å². The fraction of sp³-hybridized carbons (Fsp3) is 0.650. The van der Waals surface area contributed by atoms with E-state index < -0.39 is 8.32 Å². The molecular weight excluding hydrogens is 380 g/mol. The Kier molecular flexibility index (Phi) is 7.30. The molecule has 0 aliphatic carbocycles. The summed E-state index contributed by atoms with van der Waals surface area (Å²) in [7, 11) is -1.99. The van der Waals surface area contributed by atoms with Gasteiger partial charge in [-0.1, -0.05) is 57.5 Å². The summed E-state index contributed by atoms with van der Waals surface area (Å²) in [5.41, 5.74) is 4.46. The molecular formula is C20H33BrO2Si. The summed E-state index contributed by atoms with van der Waals surface area (Å²) in [4.78, 5) is 12.1. The van der Waals surface area contributed by atoms with Crippen LogP contribution in [0.5, 0.6) is 5.75 Å². The maximum Gasteiger partial charge on any atom is 0.258 e. The molecule has 4 heteroatoms. The van der Waals surface area contributed by atoms with Gasteiger partial charge in [0, 0.05) is 5.56 Å². The lowest BCUT2D eigenvalue weighted by molar-refractivity contribution is 0.0995. The first-order valence-electron chi connectivity index (χ1n) is 8.93. The Morgan fingerprint density at radius 2 is 1.29 bits per heavy atom. The number of rotatable bonds is 7. The molecule has 24 heavy (non-hydrogen) atoms. The van der Waals surface area contributed by atoms with Crippen LogP contribution in [-0.2, 0) is 0 Å². The van der Waals surface area contributed by atoms with Crippen molar-refractivity contribution in [2.45, 2.75) is 83.8 Å². The summed E-state index contributed by atoms with van der Waals surface area (Å²) in [6, 6.07) is 3.95. The molecule has 1 aromatic carbocycles. The summed E-state index contributed by atoms with van der Waals surface area (Å²) in [6.07, 6.45) is 0. The highest BCUT2D eigenvalue weighted by molar-refractivity contribution is 9.10. The molecule has 0 aliphatic rings. The highest BCUT2D eigenvalue weighted by atomic mass is 79.9. The summed E-state index contributed by atoms with van der Waals surface area (Å²) >= 11 is 3.38. The van der Waals surface area contributed by atoms with Gasteiger partial charge in [-0.05, 0) is 60.7 Å². The topological polar surface area (TPSA) is 26.3 Å². The van der Waals surface area contributed by atoms with Crippen LogP contribution in [0.25, 0.3) is 0 Å². The second-order valence-corrected chi connectivity index (χ2v) is 14.6. The maximum absolute atomic E-state index is 12.3. The van der Waals surface area contributed by atoms with E-state index in [0.29, 0.717) is 16.6 Å². The van der Waals surface area contributed by atoms with Crippen LogP contribution < -0.4 is 4.43 Å². The largest absolute Gasteiger partial charge is 0.542 e. The van der Waals surface area contributed by atoms with Crippen LogP contribution in [0.15, 0.2) is 12.1 Å². The smallest absolute Gasteiger partial charge is 0.258 e.